The molecular formula is C29H34ClN3O3S2. The van der Waals surface area contributed by atoms with Crippen molar-refractivity contribution in [2.45, 2.75) is 75.0 Å². The third kappa shape index (κ3) is 5.16. The van der Waals surface area contributed by atoms with Crippen molar-refractivity contribution in [2.24, 2.45) is 5.14 Å². The number of carbonyl (C=O) groups excluding carboxylic acids is 1. The van der Waals surface area contributed by atoms with Crippen molar-refractivity contribution in [1.29, 1.82) is 0 Å². The Morgan fingerprint density at radius 3 is 2.34 bits per heavy atom. The summed E-state index contributed by atoms with van der Waals surface area (Å²) in [6.45, 7) is 10.5. The molecule has 6 nitrogen and oxygen atoms in total. The molecule has 0 saturated carbocycles. The highest BCUT2D eigenvalue weighted by atomic mass is 35.5. The summed E-state index contributed by atoms with van der Waals surface area (Å²) in [6, 6.07) is 11.1. The zero-order valence-corrected chi connectivity index (χ0v) is 24.6. The van der Waals surface area contributed by atoms with E-state index in [1.807, 2.05) is 0 Å². The minimum atomic E-state index is -4.01. The van der Waals surface area contributed by atoms with Crippen LogP contribution in [-0.4, -0.2) is 37.3 Å². The number of nitrogens with two attached hydrogens (primary N) is 1. The molecule has 1 aliphatic carbocycles. The Kier molecular flexibility index (Phi) is 7.00. The lowest BCUT2D eigenvalue weighted by atomic mass is 9.63. The first kappa shape index (κ1) is 27.3. The van der Waals surface area contributed by atoms with Gasteiger partial charge in [0.25, 0.3) is 5.91 Å². The van der Waals surface area contributed by atoms with Crippen LogP contribution in [0.4, 0.5) is 0 Å². The van der Waals surface area contributed by atoms with Gasteiger partial charge >= 0.3 is 0 Å². The smallest absolute Gasteiger partial charge is 0.253 e. The fraction of sp³-hybridized carbons (Fsp3) is 0.448. The summed E-state index contributed by atoms with van der Waals surface area (Å²) in [4.78, 5) is 19.6. The van der Waals surface area contributed by atoms with Gasteiger partial charge in [0, 0.05) is 35.5 Å². The third-order valence-corrected chi connectivity index (χ3v) is 10.7. The van der Waals surface area contributed by atoms with Crippen molar-refractivity contribution >= 4 is 38.9 Å². The average Bonchev–Trinajstić information content (AvgIpc) is 3.36. The maximum atomic E-state index is 13.1. The number of amides is 1. The van der Waals surface area contributed by atoms with E-state index in [4.69, 9.17) is 21.7 Å². The number of thiazole rings is 1. The molecule has 9 heteroatoms. The van der Waals surface area contributed by atoms with Crippen molar-refractivity contribution in [3.8, 4) is 11.3 Å². The van der Waals surface area contributed by atoms with Gasteiger partial charge in [0.15, 0.2) is 0 Å². The summed E-state index contributed by atoms with van der Waals surface area (Å²) < 4.78 is 23.6. The van der Waals surface area contributed by atoms with Crippen LogP contribution in [-0.2, 0) is 20.9 Å². The zero-order valence-electron chi connectivity index (χ0n) is 22.3. The van der Waals surface area contributed by atoms with Crippen molar-refractivity contribution in [1.82, 2.24) is 9.88 Å². The molecule has 1 aliphatic heterocycles. The molecule has 3 aromatic rings. The number of fused-ring (bicyclic) bond motifs is 1. The lowest BCUT2D eigenvalue weighted by molar-refractivity contribution is 0.0712. The van der Waals surface area contributed by atoms with Gasteiger partial charge in [0.1, 0.15) is 4.90 Å². The summed E-state index contributed by atoms with van der Waals surface area (Å²) in [5, 5.41) is 8.51. The Morgan fingerprint density at radius 2 is 1.68 bits per heavy atom. The van der Waals surface area contributed by atoms with Crippen LogP contribution in [0.1, 0.15) is 85.8 Å². The number of benzene rings is 2. The maximum Gasteiger partial charge on any atom is 0.253 e. The van der Waals surface area contributed by atoms with Crippen LogP contribution in [0.15, 0.2) is 46.7 Å². The number of piperidine rings is 1. The Hall–Kier alpha value is -2.26. The molecule has 0 atom stereocenters. The molecule has 38 heavy (non-hydrogen) atoms. The van der Waals surface area contributed by atoms with Gasteiger partial charge in [-0.25, -0.2) is 18.5 Å². The number of aromatic nitrogens is 1. The van der Waals surface area contributed by atoms with E-state index in [2.05, 4.69) is 51.3 Å². The van der Waals surface area contributed by atoms with Gasteiger partial charge in [-0.05, 0) is 71.9 Å². The number of carbonyl (C=O) groups is 1. The third-order valence-electron chi connectivity index (χ3n) is 8.29. The molecule has 1 fully saturated rings. The molecule has 0 radical (unpaired) electrons. The molecular weight excluding hydrogens is 538 g/mol. The van der Waals surface area contributed by atoms with E-state index in [0.717, 1.165) is 29.1 Å². The van der Waals surface area contributed by atoms with E-state index in [1.165, 1.54) is 36.1 Å². The van der Waals surface area contributed by atoms with Crippen LogP contribution >= 0.6 is 22.9 Å². The van der Waals surface area contributed by atoms with Crippen molar-refractivity contribution in [3.63, 3.8) is 0 Å². The fourth-order valence-corrected chi connectivity index (χ4v) is 7.79. The number of nitrogens with zero attached hydrogens (tertiary/aromatic N) is 2. The van der Waals surface area contributed by atoms with Crippen LogP contribution in [0.25, 0.3) is 11.3 Å². The highest BCUT2D eigenvalue weighted by molar-refractivity contribution is 7.89. The van der Waals surface area contributed by atoms with Gasteiger partial charge in [-0.2, -0.15) is 0 Å². The van der Waals surface area contributed by atoms with Gasteiger partial charge < -0.3 is 4.90 Å². The number of hydrogen-bond acceptors (Lipinski definition) is 5. The molecule has 1 aromatic heterocycles. The van der Waals surface area contributed by atoms with E-state index in [0.29, 0.717) is 13.1 Å². The summed E-state index contributed by atoms with van der Waals surface area (Å²) in [7, 11) is -4.01. The minimum Gasteiger partial charge on any atom is -0.339 e. The number of rotatable bonds is 4. The molecule has 2 N–H and O–H groups in total. The molecule has 2 aliphatic rings. The van der Waals surface area contributed by atoms with Gasteiger partial charge in [-0.1, -0.05) is 51.4 Å². The van der Waals surface area contributed by atoms with E-state index >= 15 is 0 Å². The fourth-order valence-electron chi connectivity index (χ4n) is 5.72. The molecule has 2 aromatic carbocycles. The first-order valence-electron chi connectivity index (χ1n) is 13.0. The first-order valence-corrected chi connectivity index (χ1v) is 15.8. The van der Waals surface area contributed by atoms with Gasteiger partial charge in [0.05, 0.1) is 15.7 Å². The highest BCUT2D eigenvalue weighted by Crippen LogP contribution is 2.47. The average molecular weight is 572 g/mol. The molecule has 2 heterocycles. The number of hydrogen-bond donors (Lipinski definition) is 1. The van der Waals surface area contributed by atoms with Gasteiger partial charge in [-0.3, -0.25) is 4.79 Å². The second-order valence-electron chi connectivity index (χ2n) is 11.9. The molecule has 202 valence electrons. The summed E-state index contributed by atoms with van der Waals surface area (Å²) >= 11 is 7.67. The van der Waals surface area contributed by atoms with Gasteiger partial charge in [-0.15, -0.1) is 11.3 Å². The zero-order chi connectivity index (χ0) is 27.5. The molecule has 0 spiro atoms. The Balaban J connectivity index is 1.29. The Labute approximate surface area is 234 Å². The molecule has 1 amide bonds. The topological polar surface area (TPSA) is 93.4 Å². The van der Waals surface area contributed by atoms with Crippen molar-refractivity contribution in [3.05, 3.63) is 68.5 Å². The van der Waals surface area contributed by atoms with E-state index in [9.17, 15) is 13.2 Å². The first-order chi connectivity index (χ1) is 17.8. The summed E-state index contributed by atoms with van der Waals surface area (Å²) in [6.07, 6.45) is 3.98. The molecule has 1 saturated heterocycles. The summed E-state index contributed by atoms with van der Waals surface area (Å²) in [5.41, 5.74) is 5.67. The van der Waals surface area contributed by atoms with E-state index in [1.54, 1.807) is 22.3 Å². The van der Waals surface area contributed by atoms with Crippen LogP contribution in [0, 0.1) is 0 Å². The van der Waals surface area contributed by atoms with Crippen LogP contribution in [0.5, 0.6) is 0 Å². The SMILES string of the molecule is CC1(C)CCC(C)(C)c2cc(-c3csc(C4CCN(C(=O)c5ccc(Cl)c(S(N)(=O)=O)c5)CC4)n3)ccc21. The quantitative estimate of drug-likeness (QED) is 0.388. The lowest BCUT2D eigenvalue weighted by Gasteiger charge is -2.42. The Morgan fingerprint density at radius 1 is 1.03 bits per heavy atom. The van der Waals surface area contributed by atoms with Crippen LogP contribution in [0.3, 0.4) is 0 Å². The van der Waals surface area contributed by atoms with Crippen LogP contribution < -0.4 is 5.14 Å². The second-order valence-corrected chi connectivity index (χ2v) is 14.7. The van der Waals surface area contributed by atoms with E-state index in [-0.39, 0.29) is 38.1 Å². The van der Waals surface area contributed by atoms with E-state index < -0.39 is 10.0 Å². The normalized spacial score (nSPS) is 19.3. The van der Waals surface area contributed by atoms with Crippen molar-refractivity contribution in [2.75, 3.05) is 13.1 Å². The predicted molar refractivity (Wildman–Crippen MR) is 154 cm³/mol. The molecule has 0 bridgehead atoms. The summed E-state index contributed by atoms with van der Waals surface area (Å²) in [5.74, 6) is 0.0699. The molecule has 0 unspecified atom stereocenters. The number of likely N-dealkylation sites (tertiary alicyclic amines) is 1. The lowest BCUT2D eigenvalue weighted by Crippen LogP contribution is -2.38. The number of halogens is 1. The largest absolute Gasteiger partial charge is 0.339 e. The number of primary sulfonamides is 1. The number of sulfonamides is 1. The monoisotopic (exact) mass is 571 g/mol. The van der Waals surface area contributed by atoms with Crippen molar-refractivity contribution < 1.29 is 13.2 Å². The predicted octanol–water partition coefficient (Wildman–Crippen LogP) is 6.48. The minimum absolute atomic E-state index is 0.00790. The standard InChI is InChI=1S/C29H34ClN3O3S2/c1-28(2)11-12-29(3,4)22-15-19(5-7-21(22)28)24-17-37-26(32-24)18-9-13-33(14-10-18)27(34)20-6-8-23(30)25(16-20)38(31,35)36/h5-8,15-18H,9-14H2,1-4H3,(H2,31,35,36). The maximum absolute atomic E-state index is 13.1. The molecule has 5 rings (SSSR count). The Bertz CT molecular complexity index is 1500. The second kappa shape index (κ2) is 9.73. The van der Waals surface area contributed by atoms with Crippen LogP contribution in [0.2, 0.25) is 5.02 Å². The van der Waals surface area contributed by atoms with Gasteiger partial charge in [0.2, 0.25) is 10.0 Å². The highest BCUT2D eigenvalue weighted by Gasteiger charge is 2.37.